The molecule has 21 heavy (non-hydrogen) atoms. The molecular formula is C14H21ClN2O4. The van der Waals surface area contributed by atoms with Crippen molar-refractivity contribution >= 4 is 24.5 Å². The van der Waals surface area contributed by atoms with E-state index in [4.69, 9.17) is 9.47 Å². The molecule has 0 aromatic rings. The highest BCUT2D eigenvalue weighted by molar-refractivity contribution is 5.85. The Hall–Kier alpha value is -1.01. The number of likely N-dealkylation sites (tertiary alicyclic amines) is 1. The number of carbonyl (C=O) groups is 2. The van der Waals surface area contributed by atoms with Crippen molar-refractivity contribution in [3.8, 4) is 0 Å². The maximum absolute atomic E-state index is 12.7. The molecule has 7 heteroatoms. The largest absolute Gasteiger partial charge is 0.509 e. The number of rotatable bonds is 1. The molecule has 0 aromatic heterocycles. The third kappa shape index (κ3) is 2.38. The summed E-state index contributed by atoms with van der Waals surface area (Å²) in [6.07, 6.45) is 3.13. The minimum atomic E-state index is -0.567. The van der Waals surface area contributed by atoms with Crippen molar-refractivity contribution < 1.29 is 19.1 Å². The Bertz CT molecular complexity index is 430. The van der Waals surface area contributed by atoms with Gasteiger partial charge in [0.25, 0.3) is 0 Å². The van der Waals surface area contributed by atoms with E-state index in [0.717, 1.165) is 13.0 Å². The van der Waals surface area contributed by atoms with Gasteiger partial charge >= 0.3 is 6.16 Å². The van der Waals surface area contributed by atoms with E-state index in [2.05, 4.69) is 5.32 Å². The number of nitrogens with one attached hydrogen (secondary N) is 1. The average molecular weight is 317 g/mol. The number of fused-ring (bicyclic) bond motifs is 2. The van der Waals surface area contributed by atoms with Crippen molar-refractivity contribution in [3.05, 3.63) is 0 Å². The van der Waals surface area contributed by atoms with Gasteiger partial charge in [-0.1, -0.05) is 0 Å². The summed E-state index contributed by atoms with van der Waals surface area (Å²) in [6, 6.07) is 0.385. The van der Waals surface area contributed by atoms with E-state index in [1.54, 1.807) is 0 Å². The van der Waals surface area contributed by atoms with E-state index in [-0.39, 0.29) is 18.3 Å². The van der Waals surface area contributed by atoms with E-state index in [0.29, 0.717) is 50.4 Å². The van der Waals surface area contributed by atoms with E-state index in [9.17, 15) is 9.59 Å². The lowest BCUT2D eigenvalue weighted by Gasteiger charge is -2.37. The van der Waals surface area contributed by atoms with E-state index in [1.165, 1.54) is 6.42 Å². The van der Waals surface area contributed by atoms with Crippen LogP contribution in [0.1, 0.15) is 25.7 Å². The summed E-state index contributed by atoms with van der Waals surface area (Å²) in [7, 11) is 0. The molecule has 1 aliphatic carbocycles. The summed E-state index contributed by atoms with van der Waals surface area (Å²) in [5, 5.41) is 3.44. The van der Waals surface area contributed by atoms with Crippen LogP contribution in [0.5, 0.6) is 0 Å². The lowest BCUT2D eigenvalue weighted by atomic mass is 9.90. The highest BCUT2D eigenvalue weighted by atomic mass is 35.5. The number of hydrogen-bond donors (Lipinski definition) is 1. The molecule has 0 unspecified atom stereocenters. The predicted octanol–water partition coefficient (Wildman–Crippen LogP) is 0.934. The number of piperidine rings is 2. The van der Waals surface area contributed by atoms with Crippen LogP contribution < -0.4 is 5.32 Å². The summed E-state index contributed by atoms with van der Waals surface area (Å²) in [5.41, 5.74) is -0.471. The molecule has 4 rings (SSSR count). The molecule has 0 radical (unpaired) electrons. The monoisotopic (exact) mass is 316 g/mol. The second kappa shape index (κ2) is 5.32. The topological polar surface area (TPSA) is 67.9 Å². The fourth-order valence-corrected chi connectivity index (χ4v) is 4.23. The molecule has 118 valence electrons. The van der Waals surface area contributed by atoms with E-state index < -0.39 is 11.8 Å². The van der Waals surface area contributed by atoms with Crippen LogP contribution in [0.4, 0.5) is 4.79 Å². The summed E-state index contributed by atoms with van der Waals surface area (Å²) in [6.45, 7) is 2.67. The van der Waals surface area contributed by atoms with Gasteiger partial charge < -0.3 is 19.7 Å². The zero-order chi connectivity index (χ0) is 13.7. The molecule has 0 aromatic carbocycles. The number of amides is 1. The third-order valence-electron chi connectivity index (χ3n) is 5.46. The highest BCUT2D eigenvalue weighted by Crippen LogP contribution is 2.39. The molecule has 6 nitrogen and oxygen atoms in total. The Morgan fingerprint density at radius 1 is 1.29 bits per heavy atom. The molecule has 1 saturated carbocycles. The molecule has 3 aliphatic heterocycles. The normalized spacial score (nSPS) is 36.3. The van der Waals surface area contributed by atoms with Gasteiger partial charge in [-0.3, -0.25) is 4.79 Å². The zero-order valence-electron chi connectivity index (χ0n) is 11.9. The fraction of sp³-hybridized carbons (Fsp3) is 0.857. The number of carbonyl (C=O) groups excluding carboxylic acids is 2. The van der Waals surface area contributed by atoms with E-state index in [1.807, 2.05) is 4.90 Å². The number of ether oxygens (including phenoxy) is 2. The van der Waals surface area contributed by atoms with Gasteiger partial charge in [0.05, 0.1) is 5.92 Å². The average Bonchev–Trinajstić information content (AvgIpc) is 3.14. The molecule has 3 atom stereocenters. The minimum absolute atomic E-state index is 0. The SMILES string of the molecule is Cl.O=C1OCC2(CCN(C(=O)[C@@H]3[C@H]4CC[C@@H]3NC4)CC2)O1. The molecule has 1 N–H and O–H groups in total. The van der Waals surface area contributed by atoms with Gasteiger partial charge in [-0.25, -0.2) is 4.79 Å². The maximum Gasteiger partial charge on any atom is 0.509 e. The Labute approximate surface area is 129 Å². The van der Waals surface area contributed by atoms with Gasteiger partial charge in [0.2, 0.25) is 5.91 Å². The van der Waals surface area contributed by atoms with Gasteiger partial charge in [0.1, 0.15) is 6.61 Å². The number of hydrogen-bond acceptors (Lipinski definition) is 5. The Kier molecular flexibility index (Phi) is 3.78. The van der Waals surface area contributed by atoms with Crippen LogP contribution in [0.15, 0.2) is 0 Å². The highest BCUT2D eigenvalue weighted by Gasteiger charge is 2.50. The first kappa shape index (κ1) is 14.9. The van der Waals surface area contributed by atoms with Crippen LogP contribution in [-0.4, -0.2) is 54.8 Å². The molecular weight excluding hydrogens is 296 g/mol. The van der Waals surface area contributed by atoms with Crippen LogP contribution in [0.25, 0.3) is 0 Å². The van der Waals surface area contributed by atoms with Crippen LogP contribution in [0, 0.1) is 11.8 Å². The van der Waals surface area contributed by atoms with E-state index >= 15 is 0 Å². The van der Waals surface area contributed by atoms with Crippen molar-refractivity contribution in [2.45, 2.75) is 37.3 Å². The van der Waals surface area contributed by atoms with Gasteiger partial charge in [0.15, 0.2) is 5.60 Å². The molecule has 1 amide bonds. The molecule has 4 aliphatic rings. The first-order valence-corrected chi connectivity index (χ1v) is 7.55. The van der Waals surface area contributed by atoms with Crippen molar-refractivity contribution in [1.29, 1.82) is 0 Å². The van der Waals surface area contributed by atoms with Crippen LogP contribution in [0.2, 0.25) is 0 Å². The van der Waals surface area contributed by atoms with Crippen LogP contribution >= 0.6 is 12.4 Å². The summed E-state index contributed by atoms with van der Waals surface area (Å²) in [4.78, 5) is 25.7. The van der Waals surface area contributed by atoms with Gasteiger partial charge in [-0.05, 0) is 25.3 Å². The summed E-state index contributed by atoms with van der Waals surface area (Å²) >= 11 is 0. The first-order valence-electron chi connectivity index (χ1n) is 7.55. The number of halogens is 1. The van der Waals surface area contributed by atoms with Crippen molar-refractivity contribution in [2.24, 2.45) is 11.8 Å². The first-order chi connectivity index (χ1) is 9.67. The second-order valence-corrected chi connectivity index (χ2v) is 6.53. The maximum atomic E-state index is 12.7. The van der Waals surface area contributed by atoms with Gasteiger partial charge in [-0.2, -0.15) is 0 Å². The Morgan fingerprint density at radius 3 is 2.52 bits per heavy atom. The number of cyclic esters (lactones) is 1. The fourth-order valence-electron chi connectivity index (χ4n) is 4.23. The zero-order valence-corrected chi connectivity index (χ0v) is 12.7. The predicted molar refractivity (Wildman–Crippen MR) is 76.2 cm³/mol. The van der Waals surface area contributed by atoms with Crippen molar-refractivity contribution in [1.82, 2.24) is 10.2 Å². The Morgan fingerprint density at radius 2 is 2.05 bits per heavy atom. The quantitative estimate of drug-likeness (QED) is 0.729. The van der Waals surface area contributed by atoms with Crippen molar-refractivity contribution in [2.75, 3.05) is 26.2 Å². The molecule has 4 fully saturated rings. The molecule has 3 heterocycles. The smallest absolute Gasteiger partial charge is 0.430 e. The van der Waals surface area contributed by atoms with Crippen LogP contribution in [0.3, 0.4) is 0 Å². The molecule has 3 saturated heterocycles. The second-order valence-electron chi connectivity index (χ2n) is 6.53. The molecule has 2 bridgehead atoms. The lowest BCUT2D eigenvalue weighted by Crippen LogP contribution is -2.50. The van der Waals surface area contributed by atoms with Gasteiger partial charge in [-0.15, -0.1) is 12.4 Å². The van der Waals surface area contributed by atoms with Crippen LogP contribution in [-0.2, 0) is 14.3 Å². The summed E-state index contributed by atoms with van der Waals surface area (Å²) < 4.78 is 10.2. The summed E-state index contributed by atoms with van der Waals surface area (Å²) in [5.74, 6) is 0.991. The standard InChI is InChI=1S/C14H20N2O4.ClH/c17-12(11-9-1-2-10(11)15-7-9)16-5-3-14(4-6-16)8-19-13(18)20-14;/h9-11,15H,1-8H2;1H/t9-,10-,11+;/m0./s1. The Balaban J connectivity index is 0.00000132. The van der Waals surface area contributed by atoms with Gasteiger partial charge in [0, 0.05) is 32.0 Å². The number of nitrogens with zero attached hydrogens (tertiary/aromatic N) is 1. The van der Waals surface area contributed by atoms with Crippen molar-refractivity contribution in [3.63, 3.8) is 0 Å². The molecule has 1 spiro atoms. The minimum Gasteiger partial charge on any atom is -0.430 e. The third-order valence-corrected chi connectivity index (χ3v) is 5.46. The lowest BCUT2D eigenvalue weighted by molar-refractivity contribution is -0.139.